The standard InChI is InChI=1S/Cu.2Fe.2H2O.2O/h;;;2*1H2;;/q;2*+2;;;2*-2/p-2. The second-order valence-corrected chi connectivity index (χ2v) is 0. The third-order valence-corrected chi connectivity index (χ3v) is 0. The van der Waals surface area contributed by atoms with Crippen molar-refractivity contribution in [3.8, 4) is 0 Å². The average molecular weight is 241 g/mol. The molecular weight excluding hydrogens is 239 g/mol. The third-order valence-electron chi connectivity index (χ3n) is 0. The van der Waals surface area contributed by atoms with Gasteiger partial charge in [-0.25, -0.2) is 0 Å². The molecule has 1 radical (unpaired) electrons. The molecule has 0 rings (SSSR count). The van der Waals surface area contributed by atoms with Gasteiger partial charge in [0, 0.05) is 17.1 Å². The summed E-state index contributed by atoms with van der Waals surface area (Å²) in [6.07, 6.45) is 0. The molecule has 4 nitrogen and oxygen atoms in total. The summed E-state index contributed by atoms with van der Waals surface area (Å²) >= 11 is 0. The second-order valence-electron chi connectivity index (χ2n) is 0. The van der Waals surface area contributed by atoms with Crippen molar-refractivity contribution >= 4 is 0 Å². The Morgan fingerprint density at radius 1 is 0.571 bits per heavy atom. The van der Waals surface area contributed by atoms with Gasteiger partial charge >= 0.3 is 34.1 Å². The van der Waals surface area contributed by atoms with E-state index >= 15 is 0 Å². The maximum atomic E-state index is 0. The van der Waals surface area contributed by atoms with E-state index in [1.807, 2.05) is 0 Å². The maximum Gasteiger partial charge on any atom is 2.00 e. The van der Waals surface area contributed by atoms with Gasteiger partial charge in [0.1, 0.15) is 0 Å². The van der Waals surface area contributed by atoms with Gasteiger partial charge in [0.15, 0.2) is 0 Å². The van der Waals surface area contributed by atoms with Gasteiger partial charge in [-0.2, -0.15) is 0 Å². The van der Waals surface area contributed by atoms with Crippen molar-refractivity contribution in [3.63, 3.8) is 0 Å². The predicted molar refractivity (Wildman–Crippen MR) is 5.24 cm³/mol. The molecule has 0 aliphatic heterocycles. The summed E-state index contributed by atoms with van der Waals surface area (Å²) in [4.78, 5) is 0. The summed E-state index contributed by atoms with van der Waals surface area (Å²) in [7, 11) is 0. The summed E-state index contributed by atoms with van der Waals surface area (Å²) in [5.74, 6) is 0. The Bertz CT molecular complexity index is 9.65. The first-order chi connectivity index (χ1) is 0. The first kappa shape index (κ1) is 235. The van der Waals surface area contributed by atoms with Crippen LogP contribution in [0.2, 0.25) is 0 Å². The molecule has 0 heterocycles. The van der Waals surface area contributed by atoms with E-state index in [4.69, 9.17) is 0 Å². The summed E-state index contributed by atoms with van der Waals surface area (Å²) in [5, 5.41) is 0. The molecule has 0 aliphatic carbocycles. The van der Waals surface area contributed by atoms with E-state index in [1.54, 1.807) is 0 Å². The van der Waals surface area contributed by atoms with Crippen molar-refractivity contribution in [2.45, 2.75) is 0 Å². The molecule has 0 atom stereocenters. The molecule has 7 heteroatoms. The molecule has 0 aromatic heterocycles. The second kappa shape index (κ2) is 155. The van der Waals surface area contributed by atoms with Gasteiger partial charge in [-0.1, -0.05) is 0 Å². The normalized spacial score (nSPS) is 0. The smallest absolute Gasteiger partial charge is 2.00 e. The van der Waals surface area contributed by atoms with E-state index in [9.17, 15) is 0 Å². The zero-order chi connectivity index (χ0) is 0. The minimum absolute atomic E-state index is 0. The Hall–Kier alpha value is 1.40. The quantitative estimate of drug-likeness (QED) is 0.526. The minimum Gasteiger partial charge on any atom is -2.00 e. The Kier molecular flexibility index (Phi) is 5200. The van der Waals surface area contributed by atoms with Gasteiger partial charge in [-0.05, 0) is 0 Å². The van der Waals surface area contributed by atoms with E-state index in [0.717, 1.165) is 0 Å². The van der Waals surface area contributed by atoms with Gasteiger partial charge in [0.05, 0.1) is 0 Å². The van der Waals surface area contributed by atoms with Crippen LogP contribution in [-0.2, 0) is 62.2 Å². The van der Waals surface area contributed by atoms with E-state index < -0.39 is 0 Å². The van der Waals surface area contributed by atoms with Crippen molar-refractivity contribution in [3.05, 3.63) is 0 Å². The number of hydrogen-bond acceptors (Lipinski definition) is 2. The molecule has 0 fully saturated rings. The van der Waals surface area contributed by atoms with Gasteiger partial charge in [-0.3, -0.25) is 0 Å². The zero-order valence-electron chi connectivity index (χ0n) is 2.72. The first-order valence-electron chi connectivity index (χ1n) is 0. The van der Waals surface area contributed by atoms with Crippen LogP contribution in [-0.4, -0.2) is 11.0 Å². The van der Waals surface area contributed by atoms with E-state index in [0.29, 0.717) is 0 Å². The topological polar surface area (TPSA) is 117 Å². The van der Waals surface area contributed by atoms with Crippen molar-refractivity contribution in [2.75, 3.05) is 0 Å². The molecule has 0 aromatic rings. The fourth-order valence-corrected chi connectivity index (χ4v) is 0. The molecule has 0 saturated carbocycles. The molecule has 0 aliphatic rings. The third kappa shape index (κ3) is 110. The number of rotatable bonds is 0. The van der Waals surface area contributed by atoms with Crippen LogP contribution < -0.4 is 0 Å². The predicted octanol–water partition coefficient (Wildman–Crippen LogP) is -0.599. The van der Waals surface area contributed by atoms with Gasteiger partial charge in [0.2, 0.25) is 0 Å². The van der Waals surface area contributed by atoms with Crippen molar-refractivity contribution in [2.24, 2.45) is 0 Å². The molecule has 0 aromatic carbocycles. The molecule has 0 amide bonds. The zero-order valence-corrected chi connectivity index (χ0v) is 5.87. The Labute approximate surface area is 73.1 Å². The van der Waals surface area contributed by atoms with Crippen molar-refractivity contribution < 1.29 is 73.1 Å². The van der Waals surface area contributed by atoms with Crippen LogP contribution in [0, 0.1) is 0 Å². The molecule has 0 saturated heterocycles. The van der Waals surface area contributed by atoms with Crippen LogP contribution in [0.25, 0.3) is 0 Å². The Morgan fingerprint density at radius 2 is 0.571 bits per heavy atom. The maximum absolute atomic E-state index is 0. The Morgan fingerprint density at radius 3 is 0.571 bits per heavy atom. The molecular formula is H2CuFe2O4-2. The summed E-state index contributed by atoms with van der Waals surface area (Å²) in [5.41, 5.74) is 0. The van der Waals surface area contributed by atoms with Crippen LogP contribution in [0.5, 0.6) is 0 Å². The molecule has 7 heavy (non-hydrogen) atoms. The monoisotopic (exact) mass is 241 g/mol. The van der Waals surface area contributed by atoms with Gasteiger partial charge in [-0.15, -0.1) is 0 Å². The van der Waals surface area contributed by atoms with Crippen LogP contribution >= 0.6 is 0 Å². The van der Waals surface area contributed by atoms with Gasteiger partial charge in [0.25, 0.3) is 0 Å². The molecule has 0 unspecified atom stereocenters. The molecule has 2 N–H and O–H groups in total. The first-order valence-corrected chi connectivity index (χ1v) is 0. The average Bonchev–Trinajstić information content (AvgIpc) is 0. The van der Waals surface area contributed by atoms with Crippen molar-refractivity contribution in [1.82, 2.24) is 0 Å². The largest absolute Gasteiger partial charge is 2.00 e. The molecule has 0 spiro atoms. The van der Waals surface area contributed by atoms with Crippen molar-refractivity contribution in [1.29, 1.82) is 0 Å². The van der Waals surface area contributed by atoms with Crippen LogP contribution in [0.1, 0.15) is 0 Å². The van der Waals surface area contributed by atoms with Gasteiger partial charge < -0.3 is 21.9 Å². The Balaban J connectivity index is 0. The van der Waals surface area contributed by atoms with Crippen LogP contribution in [0.4, 0.5) is 0 Å². The van der Waals surface area contributed by atoms with Crippen LogP contribution in [0.15, 0.2) is 0 Å². The summed E-state index contributed by atoms with van der Waals surface area (Å²) < 4.78 is 0. The van der Waals surface area contributed by atoms with E-state index in [2.05, 4.69) is 0 Å². The fraction of sp³-hybridized carbons (Fsp3) is 0. The molecule has 55 valence electrons. The van der Waals surface area contributed by atoms with Crippen LogP contribution in [0.3, 0.4) is 0 Å². The summed E-state index contributed by atoms with van der Waals surface area (Å²) in [6.45, 7) is 0. The van der Waals surface area contributed by atoms with E-state index in [1.165, 1.54) is 0 Å². The minimum atomic E-state index is 0. The number of hydrogen-bond donors (Lipinski definition) is 0. The summed E-state index contributed by atoms with van der Waals surface area (Å²) in [6, 6.07) is 0. The SMILES string of the molecule is [Cu].[Fe+2].[Fe+2].[O-2].[O-2].[OH-].[OH-]. The van der Waals surface area contributed by atoms with E-state index in [-0.39, 0.29) is 73.1 Å². The molecule has 0 bridgehead atoms. The fourth-order valence-electron chi connectivity index (χ4n) is 0.